The highest BCUT2D eigenvalue weighted by molar-refractivity contribution is 7.86. The highest BCUT2D eigenvalue weighted by Gasteiger charge is 2.13. The van der Waals surface area contributed by atoms with E-state index in [1.54, 1.807) is 0 Å². The number of alkyl halides is 1. The molecule has 0 aliphatic rings. The molecule has 72 valence electrons. The normalized spacial score (nSPS) is 11.5. The van der Waals surface area contributed by atoms with Gasteiger partial charge < -0.3 is 0 Å². The van der Waals surface area contributed by atoms with Crippen molar-refractivity contribution in [3.63, 3.8) is 0 Å². The van der Waals surface area contributed by atoms with Gasteiger partial charge in [0.05, 0.1) is 4.90 Å². The van der Waals surface area contributed by atoms with Crippen molar-refractivity contribution in [3.8, 4) is 0 Å². The standard InChI is InChI=1S/C7H6Cl2O3S/c8-5-12-13(10,11)7-3-1-6(9)2-4-7/h1-4H,5H2. The zero-order chi connectivity index (χ0) is 9.90. The van der Waals surface area contributed by atoms with E-state index in [4.69, 9.17) is 23.2 Å². The molecular formula is C7H6Cl2O3S. The van der Waals surface area contributed by atoms with Crippen LogP contribution in [0, 0.1) is 0 Å². The van der Waals surface area contributed by atoms with E-state index in [2.05, 4.69) is 4.18 Å². The lowest BCUT2D eigenvalue weighted by atomic mass is 10.4. The second-order valence-corrected chi connectivity index (χ2v) is 4.41. The first-order chi connectivity index (χ1) is 6.06. The highest BCUT2D eigenvalue weighted by Crippen LogP contribution is 2.16. The van der Waals surface area contributed by atoms with Crippen LogP contribution in [0.3, 0.4) is 0 Å². The molecule has 6 heteroatoms. The molecule has 0 spiro atoms. The largest absolute Gasteiger partial charge is 0.298 e. The van der Waals surface area contributed by atoms with Gasteiger partial charge in [0.2, 0.25) is 0 Å². The van der Waals surface area contributed by atoms with Crippen molar-refractivity contribution in [1.82, 2.24) is 0 Å². The predicted molar refractivity (Wildman–Crippen MR) is 50.4 cm³/mol. The number of hydrogen-bond acceptors (Lipinski definition) is 3. The molecule has 0 bridgehead atoms. The van der Waals surface area contributed by atoms with Gasteiger partial charge in [-0.05, 0) is 24.3 Å². The van der Waals surface area contributed by atoms with E-state index < -0.39 is 16.2 Å². The molecule has 1 rings (SSSR count). The Labute approximate surface area is 86.4 Å². The van der Waals surface area contributed by atoms with Crippen molar-refractivity contribution in [2.24, 2.45) is 0 Å². The molecule has 0 atom stereocenters. The molecule has 0 aliphatic carbocycles. The molecule has 1 aromatic carbocycles. The summed E-state index contributed by atoms with van der Waals surface area (Å²) in [4.78, 5) is 0.0394. The van der Waals surface area contributed by atoms with Crippen LogP contribution < -0.4 is 0 Å². The Balaban J connectivity index is 3.02. The summed E-state index contributed by atoms with van der Waals surface area (Å²) < 4.78 is 26.7. The zero-order valence-corrected chi connectivity index (χ0v) is 8.73. The molecule has 13 heavy (non-hydrogen) atoms. The minimum absolute atomic E-state index is 0.0394. The first kappa shape index (κ1) is 10.8. The Bertz CT molecular complexity index is 371. The summed E-state index contributed by atoms with van der Waals surface area (Å²) in [5, 5.41) is 0.463. The fraction of sp³-hybridized carbons (Fsp3) is 0.143. The van der Waals surface area contributed by atoms with Crippen molar-refractivity contribution >= 4 is 33.3 Å². The maximum absolute atomic E-state index is 11.2. The van der Waals surface area contributed by atoms with Gasteiger partial charge in [-0.3, -0.25) is 4.18 Å². The summed E-state index contributed by atoms with van der Waals surface area (Å²) in [6, 6.07) is 5.23. The first-order valence-electron chi connectivity index (χ1n) is 3.27. The van der Waals surface area contributed by atoms with Gasteiger partial charge in [0.15, 0.2) is 0 Å². The highest BCUT2D eigenvalue weighted by atomic mass is 35.5. The Hall–Kier alpha value is -0.290. The summed E-state index contributed by atoms with van der Waals surface area (Å²) in [5.41, 5.74) is 0. The fourth-order valence-electron chi connectivity index (χ4n) is 0.728. The van der Waals surface area contributed by atoms with Gasteiger partial charge in [-0.15, -0.1) is 0 Å². The summed E-state index contributed by atoms with van der Waals surface area (Å²) in [5.74, 6) is 0. The van der Waals surface area contributed by atoms with Crippen LogP contribution in [-0.4, -0.2) is 14.5 Å². The van der Waals surface area contributed by atoms with Crippen LogP contribution in [0.5, 0.6) is 0 Å². The molecule has 0 N–H and O–H groups in total. The van der Waals surface area contributed by atoms with E-state index in [9.17, 15) is 8.42 Å². The summed E-state index contributed by atoms with van der Waals surface area (Å²) in [7, 11) is -3.72. The molecule has 0 unspecified atom stereocenters. The maximum Gasteiger partial charge on any atom is 0.298 e. The Morgan fingerprint density at radius 3 is 2.23 bits per heavy atom. The second-order valence-electron chi connectivity index (χ2n) is 2.14. The molecule has 3 nitrogen and oxygen atoms in total. The van der Waals surface area contributed by atoms with Gasteiger partial charge in [0.25, 0.3) is 10.1 Å². The lowest BCUT2D eigenvalue weighted by molar-refractivity contribution is 0.377. The topological polar surface area (TPSA) is 43.4 Å². The first-order valence-corrected chi connectivity index (χ1v) is 5.59. The molecule has 0 aromatic heterocycles. The average Bonchev–Trinajstić information content (AvgIpc) is 2.05. The smallest absolute Gasteiger partial charge is 0.250 e. The Morgan fingerprint density at radius 1 is 1.23 bits per heavy atom. The third-order valence-electron chi connectivity index (χ3n) is 1.30. The fourth-order valence-corrected chi connectivity index (χ4v) is 1.93. The van der Waals surface area contributed by atoms with Crippen molar-refractivity contribution in [2.45, 2.75) is 4.90 Å². The Kier molecular flexibility index (Phi) is 3.55. The van der Waals surface area contributed by atoms with Crippen molar-refractivity contribution in [1.29, 1.82) is 0 Å². The second kappa shape index (κ2) is 4.28. The van der Waals surface area contributed by atoms with Crippen molar-refractivity contribution < 1.29 is 12.6 Å². The average molecular weight is 241 g/mol. The van der Waals surface area contributed by atoms with Gasteiger partial charge in [0.1, 0.15) is 6.07 Å². The van der Waals surface area contributed by atoms with Gasteiger partial charge in [0, 0.05) is 5.02 Å². The third kappa shape index (κ3) is 2.84. The van der Waals surface area contributed by atoms with E-state index in [0.29, 0.717) is 5.02 Å². The molecule has 0 fully saturated rings. The lowest BCUT2D eigenvalue weighted by Gasteiger charge is -2.01. The van der Waals surface area contributed by atoms with Crippen molar-refractivity contribution in [2.75, 3.05) is 6.07 Å². The number of halogens is 2. The minimum atomic E-state index is -3.72. The number of hydrogen-bond donors (Lipinski definition) is 0. The van der Waals surface area contributed by atoms with E-state index in [1.165, 1.54) is 24.3 Å². The van der Waals surface area contributed by atoms with Crippen LogP contribution in [-0.2, 0) is 14.3 Å². The quantitative estimate of drug-likeness (QED) is 0.602. The molecule has 0 saturated heterocycles. The summed E-state index contributed by atoms with van der Waals surface area (Å²) >= 11 is 10.7. The predicted octanol–water partition coefficient (Wildman–Crippen LogP) is 2.24. The molecule has 0 amide bonds. The van der Waals surface area contributed by atoms with Gasteiger partial charge in [-0.1, -0.05) is 23.2 Å². The van der Waals surface area contributed by atoms with Crippen LogP contribution in [0.1, 0.15) is 0 Å². The molecule has 1 aromatic rings. The van der Waals surface area contributed by atoms with Crippen LogP contribution >= 0.6 is 23.2 Å². The number of rotatable bonds is 3. The molecule has 0 radical (unpaired) electrons. The summed E-state index contributed by atoms with van der Waals surface area (Å²) in [6.45, 7) is 0. The third-order valence-corrected chi connectivity index (χ3v) is 3.07. The van der Waals surface area contributed by atoms with Crippen LogP contribution in [0.4, 0.5) is 0 Å². The van der Waals surface area contributed by atoms with E-state index in [1.807, 2.05) is 0 Å². The molecule has 0 saturated carbocycles. The molecule has 0 heterocycles. The monoisotopic (exact) mass is 240 g/mol. The summed E-state index contributed by atoms with van der Waals surface area (Å²) in [6.07, 6.45) is 0. The zero-order valence-electron chi connectivity index (χ0n) is 6.41. The van der Waals surface area contributed by atoms with Crippen molar-refractivity contribution in [3.05, 3.63) is 29.3 Å². The van der Waals surface area contributed by atoms with Gasteiger partial charge >= 0.3 is 0 Å². The van der Waals surface area contributed by atoms with Gasteiger partial charge in [-0.2, -0.15) is 8.42 Å². The number of benzene rings is 1. The van der Waals surface area contributed by atoms with Gasteiger partial charge in [-0.25, -0.2) is 0 Å². The molecular weight excluding hydrogens is 235 g/mol. The van der Waals surface area contributed by atoms with E-state index in [-0.39, 0.29) is 4.90 Å². The Morgan fingerprint density at radius 2 is 1.77 bits per heavy atom. The lowest BCUT2D eigenvalue weighted by Crippen LogP contribution is -2.04. The van der Waals surface area contributed by atoms with E-state index in [0.717, 1.165) is 0 Å². The molecule has 0 aliphatic heterocycles. The SMILES string of the molecule is O=S(=O)(OCCl)c1ccc(Cl)cc1. The maximum atomic E-state index is 11.2. The van der Waals surface area contributed by atoms with Crippen LogP contribution in [0.25, 0.3) is 0 Å². The van der Waals surface area contributed by atoms with Crippen LogP contribution in [0.15, 0.2) is 29.2 Å². The van der Waals surface area contributed by atoms with E-state index >= 15 is 0 Å². The minimum Gasteiger partial charge on any atom is -0.250 e. The van der Waals surface area contributed by atoms with Crippen LogP contribution in [0.2, 0.25) is 5.02 Å².